The van der Waals surface area contributed by atoms with Crippen LogP contribution in [0.2, 0.25) is 0 Å². The molecular weight excluding hydrogens is 515 g/mol. The number of aromatic nitrogens is 2. The number of imide groups is 1. The second kappa shape index (κ2) is 9.10. The Morgan fingerprint density at radius 1 is 1.00 bits per heavy atom. The topological polar surface area (TPSA) is 133 Å². The van der Waals surface area contributed by atoms with Gasteiger partial charge in [0.15, 0.2) is 0 Å². The molecule has 0 radical (unpaired) electrons. The first kappa shape index (κ1) is 24.4. The molecule has 3 aromatic rings. The van der Waals surface area contributed by atoms with Crippen LogP contribution < -0.4 is 10.2 Å². The first-order chi connectivity index (χ1) is 18.2. The molecule has 2 saturated heterocycles. The van der Waals surface area contributed by atoms with Gasteiger partial charge in [-0.3, -0.25) is 29.7 Å². The highest BCUT2D eigenvalue weighted by molar-refractivity contribution is 7.89. The van der Waals surface area contributed by atoms with E-state index >= 15 is 4.39 Å². The molecule has 2 fully saturated rings. The van der Waals surface area contributed by atoms with E-state index in [0.29, 0.717) is 16.6 Å². The molecule has 3 aliphatic rings. The van der Waals surface area contributed by atoms with Crippen LogP contribution in [0.3, 0.4) is 0 Å². The zero-order chi connectivity index (χ0) is 26.6. The van der Waals surface area contributed by atoms with Crippen molar-refractivity contribution in [2.45, 2.75) is 30.3 Å². The van der Waals surface area contributed by atoms with Gasteiger partial charge in [0.2, 0.25) is 21.8 Å². The molecule has 0 aliphatic carbocycles. The summed E-state index contributed by atoms with van der Waals surface area (Å²) < 4.78 is 43.3. The summed E-state index contributed by atoms with van der Waals surface area (Å²) in [6.45, 7) is 0.893. The lowest BCUT2D eigenvalue weighted by Crippen LogP contribution is -2.52. The van der Waals surface area contributed by atoms with Gasteiger partial charge in [-0.2, -0.15) is 4.31 Å². The maximum Gasteiger partial charge on any atom is 0.255 e. The summed E-state index contributed by atoms with van der Waals surface area (Å²) >= 11 is 0. The lowest BCUT2D eigenvalue weighted by atomic mass is 10.0. The highest BCUT2D eigenvalue weighted by Crippen LogP contribution is 2.33. The number of rotatable bonds is 4. The number of hydrogen-bond donors (Lipinski definition) is 1. The number of anilines is 1. The molecule has 1 N–H and O–H groups in total. The van der Waals surface area contributed by atoms with Crippen LogP contribution in [-0.2, 0) is 26.2 Å². The van der Waals surface area contributed by atoms with Gasteiger partial charge in [0.1, 0.15) is 22.3 Å². The minimum atomic E-state index is -3.85. The first-order valence-corrected chi connectivity index (χ1v) is 13.6. The van der Waals surface area contributed by atoms with Crippen LogP contribution in [0.5, 0.6) is 0 Å². The Morgan fingerprint density at radius 3 is 2.53 bits per heavy atom. The van der Waals surface area contributed by atoms with E-state index in [1.807, 2.05) is 0 Å². The number of nitrogens with zero attached hydrogens (tertiary/aromatic N) is 5. The standard InChI is InChI=1S/C25H23FN6O5S/c26-17-13-16-15(14-32(25(16)35)19-4-5-22(33)29-24(19)34)12-20(17)30-8-10-31(11-9-30)38(36,37)21-3-1-2-18-23(21)28-7-6-27-18/h1-3,6-7,12-13,19H,4-5,8-11,14H2,(H,29,33,34). The predicted octanol–water partition coefficient (Wildman–Crippen LogP) is 1.04. The Hall–Kier alpha value is -3.97. The van der Waals surface area contributed by atoms with E-state index < -0.39 is 33.7 Å². The van der Waals surface area contributed by atoms with Gasteiger partial charge in [0, 0.05) is 57.1 Å². The van der Waals surface area contributed by atoms with Gasteiger partial charge >= 0.3 is 0 Å². The number of carbonyl (C=O) groups excluding carboxylic acids is 3. The molecule has 3 amide bonds. The van der Waals surface area contributed by atoms with Crippen molar-refractivity contribution in [2.75, 3.05) is 31.1 Å². The van der Waals surface area contributed by atoms with Crippen LogP contribution in [0.25, 0.3) is 11.0 Å². The molecular formula is C25H23FN6O5S. The van der Waals surface area contributed by atoms with E-state index in [9.17, 15) is 22.8 Å². The maximum absolute atomic E-state index is 15.2. The lowest BCUT2D eigenvalue weighted by Gasteiger charge is -2.35. The second-order valence-electron chi connectivity index (χ2n) is 9.43. The van der Waals surface area contributed by atoms with Crippen molar-refractivity contribution in [1.82, 2.24) is 24.5 Å². The van der Waals surface area contributed by atoms with Crippen LogP contribution in [-0.4, -0.2) is 77.5 Å². The quantitative estimate of drug-likeness (QED) is 0.488. The van der Waals surface area contributed by atoms with Gasteiger partial charge in [-0.05, 0) is 36.2 Å². The van der Waals surface area contributed by atoms with Gasteiger partial charge in [0.05, 0.1) is 11.2 Å². The SMILES string of the molecule is O=C1CCC(N2Cc3cc(N4CCN(S(=O)(=O)c5cccc6nccnc56)CC4)c(F)cc3C2=O)C(=O)N1. The molecule has 6 rings (SSSR count). The molecule has 0 bridgehead atoms. The third-order valence-corrected chi connectivity index (χ3v) is 9.18. The number of piperazine rings is 1. The number of benzene rings is 2. The zero-order valence-corrected chi connectivity index (χ0v) is 20.9. The van der Waals surface area contributed by atoms with E-state index in [0.717, 1.165) is 0 Å². The smallest absolute Gasteiger partial charge is 0.255 e. The highest BCUT2D eigenvalue weighted by Gasteiger charge is 2.40. The molecule has 2 aromatic carbocycles. The summed E-state index contributed by atoms with van der Waals surface area (Å²) in [6.07, 6.45) is 3.30. The molecule has 38 heavy (non-hydrogen) atoms. The second-order valence-corrected chi connectivity index (χ2v) is 11.3. The molecule has 13 heteroatoms. The fourth-order valence-corrected chi connectivity index (χ4v) is 6.88. The van der Waals surface area contributed by atoms with Crippen molar-refractivity contribution < 1.29 is 27.2 Å². The average molecular weight is 539 g/mol. The number of para-hydroxylation sites is 1. The van der Waals surface area contributed by atoms with Crippen LogP contribution in [0.15, 0.2) is 47.6 Å². The number of carbonyl (C=O) groups is 3. The summed E-state index contributed by atoms with van der Waals surface area (Å²) in [7, 11) is -3.85. The number of sulfonamides is 1. The van der Waals surface area contributed by atoms with Crippen molar-refractivity contribution in [1.29, 1.82) is 0 Å². The van der Waals surface area contributed by atoms with Crippen molar-refractivity contribution in [3.8, 4) is 0 Å². The van der Waals surface area contributed by atoms with Gasteiger partial charge in [-0.1, -0.05) is 6.07 Å². The number of halogens is 1. The Kier molecular flexibility index (Phi) is 5.83. The fourth-order valence-electron chi connectivity index (χ4n) is 5.30. The van der Waals surface area contributed by atoms with Crippen LogP contribution in [0.1, 0.15) is 28.8 Å². The van der Waals surface area contributed by atoms with Crippen LogP contribution in [0, 0.1) is 5.82 Å². The summed E-state index contributed by atoms with van der Waals surface area (Å²) in [5.41, 5.74) is 1.82. The molecule has 4 heterocycles. The Balaban J connectivity index is 1.20. The zero-order valence-electron chi connectivity index (χ0n) is 20.1. The van der Waals surface area contributed by atoms with Gasteiger partial charge < -0.3 is 9.80 Å². The monoisotopic (exact) mass is 538 g/mol. The molecule has 11 nitrogen and oxygen atoms in total. The summed E-state index contributed by atoms with van der Waals surface area (Å²) in [5.74, 6) is -1.95. The molecule has 1 aromatic heterocycles. The fraction of sp³-hybridized carbons (Fsp3) is 0.320. The summed E-state index contributed by atoms with van der Waals surface area (Å²) in [4.78, 5) is 48.3. The van der Waals surface area contributed by atoms with Gasteiger partial charge in [0.25, 0.3) is 5.91 Å². The van der Waals surface area contributed by atoms with Gasteiger partial charge in [-0.15, -0.1) is 0 Å². The molecule has 3 aliphatic heterocycles. The first-order valence-electron chi connectivity index (χ1n) is 12.2. The van der Waals surface area contributed by atoms with E-state index in [4.69, 9.17) is 0 Å². The molecule has 196 valence electrons. The molecule has 1 unspecified atom stereocenters. The normalized spacial score (nSPS) is 20.7. The summed E-state index contributed by atoms with van der Waals surface area (Å²) in [5, 5.41) is 2.25. The maximum atomic E-state index is 15.2. The Morgan fingerprint density at radius 2 is 1.76 bits per heavy atom. The van der Waals surface area contributed by atoms with E-state index in [2.05, 4.69) is 15.3 Å². The minimum Gasteiger partial charge on any atom is -0.367 e. The Labute approximate surface area is 217 Å². The van der Waals surface area contributed by atoms with Crippen molar-refractivity contribution in [3.05, 3.63) is 59.7 Å². The Bertz CT molecular complexity index is 1600. The number of amides is 3. The summed E-state index contributed by atoms with van der Waals surface area (Å²) in [6, 6.07) is 6.81. The molecule has 0 spiro atoms. The van der Waals surface area contributed by atoms with E-state index in [1.165, 1.54) is 33.7 Å². The van der Waals surface area contributed by atoms with Crippen molar-refractivity contribution in [3.63, 3.8) is 0 Å². The highest BCUT2D eigenvalue weighted by atomic mass is 32.2. The number of piperidine rings is 1. The van der Waals surface area contributed by atoms with E-state index in [1.54, 1.807) is 23.1 Å². The van der Waals surface area contributed by atoms with E-state index in [-0.39, 0.29) is 67.6 Å². The lowest BCUT2D eigenvalue weighted by molar-refractivity contribution is -0.136. The number of fused-ring (bicyclic) bond motifs is 2. The van der Waals surface area contributed by atoms with Crippen LogP contribution in [0.4, 0.5) is 10.1 Å². The number of hydrogen-bond acceptors (Lipinski definition) is 8. The third kappa shape index (κ3) is 3.98. The average Bonchev–Trinajstić information content (AvgIpc) is 3.22. The van der Waals surface area contributed by atoms with Crippen molar-refractivity contribution >= 4 is 44.5 Å². The van der Waals surface area contributed by atoms with Crippen LogP contribution >= 0.6 is 0 Å². The molecule has 1 atom stereocenters. The molecule has 0 saturated carbocycles. The number of nitrogens with one attached hydrogen (secondary N) is 1. The minimum absolute atomic E-state index is 0.0762. The predicted molar refractivity (Wildman–Crippen MR) is 133 cm³/mol. The third-order valence-electron chi connectivity index (χ3n) is 7.25. The van der Waals surface area contributed by atoms with Crippen molar-refractivity contribution in [2.24, 2.45) is 0 Å². The largest absolute Gasteiger partial charge is 0.367 e. The van der Waals surface area contributed by atoms with Gasteiger partial charge in [-0.25, -0.2) is 12.8 Å².